The maximum atomic E-state index is 11.9. The number of esters is 1. The van der Waals surface area contributed by atoms with Gasteiger partial charge in [-0.25, -0.2) is 0 Å². The van der Waals surface area contributed by atoms with Crippen LogP contribution in [0.3, 0.4) is 0 Å². The number of ether oxygens (including phenoxy) is 1. The van der Waals surface area contributed by atoms with Crippen LogP contribution < -0.4 is 0 Å². The lowest BCUT2D eigenvalue weighted by atomic mass is 10.1. The summed E-state index contributed by atoms with van der Waals surface area (Å²) >= 11 is 2.23. The minimum atomic E-state index is -0.213. The summed E-state index contributed by atoms with van der Waals surface area (Å²) in [4.78, 5) is 11.9. The summed E-state index contributed by atoms with van der Waals surface area (Å²) in [5, 5.41) is 0. The standard InChI is InChI=1S/C16H15IO2/c1-12(13-7-3-2-4-8-13)19-16(18)11-14-9-5-6-10-15(14)17/h2-10,12H,11H2,1H3. The zero-order chi connectivity index (χ0) is 13.7. The van der Waals surface area contributed by atoms with Crippen LogP contribution in [0.5, 0.6) is 0 Å². The number of hydrogen-bond acceptors (Lipinski definition) is 2. The lowest BCUT2D eigenvalue weighted by Crippen LogP contribution is -2.12. The van der Waals surface area contributed by atoms with Crippen molar-refractivity contribution in [3.8, 4) is 0 Å². The largest absolute Gasteiger partial charge is 0.458 e. The van der Waals surface area contributed by atoms with Crippen LogP contribution in [-0.4, -0.2) is 5.97 Å². The van der Waals surface area contributed by atoms with Crippen LogP contribution in [0.25, 0.3) is 0 Å². The van der Waals surface area contributed by atoms with Gasteiger partial charge in [-0.15, -0.1) is 0 Å². The Balaban J connectivity index is 1.97. The quantitative estimate of drug-likeness (QED) is 0.601. The molecule has 0 amide bonds. The Morgan fingerprint density at radius 2 is 1.74 bits per heavy atom. The molecule has 0 aliphatic carbocycles. The molecule has 0 aliphatic heterocycles. The number of benzene rings is 2. The smallest absolute Gasteiger partial charge is 0.310 e. The highest BCUT2D eigenvalue weighted by atomic mass is 127. The predicted molar refractivity (Wildman–Crippen MR) is 83.8 cm³/mol. The van der Waals surface area contributed by atoms with E-state index in [0.717, 1.165) is 14.7 Å². The van der Waals surface area contributed by atoms with Crippen molar-refractivity contribution < 1.29 is 9.53 Å². The van der Waals surface area contributed by atoms with E-state index < -0.39 is 0 Å². The molecule has 0 heterocycles. The molecule has 0 aliphatic rings. The van der Waals surface area contributed by atoms with Crippen LogP contribution in [0, 0.1) is 3.57 Å². The molecule has 0 saturated heterocycles. The molecular formula is C16H15IO2. The van der Waals surface area contributed by atoms with Crippen molar-refractivity contribution in [3.63, 3.8) is 0 Å². The van der Waals surface area contributed by atoms with Gasteiger partial charge in [0.2, 0.25) is 0 Å². The highest BCUT2D eigenvalue weighted by molar-refractivity contribution is 14.1. The van der Waals surface area contributed by atoms with Crippen molar-refractivity contribution in [2.45, 2.75) is 19.4 Å². The van der Waals surface area contributed by atoms with Gasteiger partial charge in [0.15, 0.2) is 0 Å². The molecule has 0 spiro atoms. The highest BCUT2D eigenvalue weighted by Gasteiger charge is 2.13. The fraction of sp³-hybridized carbons (Fsp3) is 0.188. The molecule has 98 valence electrons. The Morgan fingerprint density at radius 1 is 1.11 bits per heavy atom. The Morgan fingerprint density at radius 3 is 2.42 bits per heavy atom. The predicted octanol–water partition coefficient (Wildman–Crippen LogP) is 4.14. The van der Waals surface area contributed by atoms with Crippen LogP contribution >= 0.6 is 22.6 Å². The summed E-state index contributed by atoms with van der Waals surface area (Å²) in [6.07, 6.45) is 0.103. The van der Waals surface area contributed by atoms with Crippen LogP contribution in [0.1, 0.15) is 24.2 Å². The molecule has 2 aromatic carbocycles. The van der Waals surface area contributed by atoms with Gasteiger partial charge in [0.1, 0.15) is 6.10 Å². The normalized spacial score (nSPS) is 11.9. The molecule has 0 fully saturated rings. The third kappa shape index (κ3) is 4.06. The highest BCUT2D eigenvalue weighted by Crippen LogP contribution is 2.18. The molecule has 2 aromatic rings. The average molecular weight is 366 g/mol. The molecule has 2 nitrogen and oxygen atoms in total. The first-order chi connectivity index (χ1) is 9.16. The topological polar surface area (TPSA) is 26.3 Å². The summed E-state index contributed by atoms with van der Waals surface area (Å²) in [6, 6.07) is 17.6. The van der Waals surface area contributed by atoms with Crippen molar-refractivity contribution >= 4 is 28.6 Å². The van der Waals surface area contributed by atoms with E-state index in [4.69, 9.17) is 4.74 Å². The van der Waals surface area contributed by atoms with Crippen LogP contribution in [0.4, 0.5) is 0 Å². The monoisotopic (exact) mass is 366 g/mol. The Bertz CT molecular complexity index is 552. The Hall–Kier alpha value is -1.36. The third-order valence-corrected chi connectivity index (χ3v) is 3.92. The summed E-state index contributed by atoms with van der Waals surface area (Å²) < 4.78 is 6.54. The molecule has 0 N–H and O–H groups in total. The average Bonchev–Trinajstić information content (AvgIpc) is 2.42. The first-order valence-corrected chi connectivity index (χ1v) is 7.22. The molecule has 1 unspecified atom stereocenters. The van der Waals surface area contributed by atoms with Gasteiger partial charge in [-0.05, 0) is 46.7 Å². The summed E-state index contributed by atoms with van der Waals surface area (Å²) in [5.41, 5.74) is 2.02. The molecule has 0 aromatic heterocycles. The zero-order valence-corrected chi connectivity index (χ0v) is 12.8. The van der Waals surface area contributed by atoms with E-state index in [9.17, 15) is 4.79 Å². The van der Waals surface area contributed by atoms with Crippen molar-refractivity contribution in [3.05, 3.63) is 69.3 Å². The fourth-order valence-corrected chi connectivity index (χ4v) is 2.41. The van der Waals surface area contributed by atoms with Crippen molar-refractivity contribution in [1.29, 1.82) is 0 Å². The second kappa shape index (κ2) is 6.70. The molecule has 0 radical (unpaired) electrons. The van der Waals surface area contributed by atoms with E-state index in [1.807, 2.05) is 61.5 Å². The summed E-state index contributed by atoms with van der Waals surface area (Å²) in [5.74, 6) is -0.194. The molecule has 3 heteroatoms. The van der Waals surface area contributed by atoms with E-state index in [0.29, 0.717) is 6.42 Å². The molecule has 0 saturated carbocycles. The molecule has 1 atom stereocenters. The Labute approximate surface area is 126 Å². The van der Waals surface area contributed by atoms with Crippen LogP contribution in [-0.2, 0) is 16.0 Å². The van der Waals surface area contributed by atoms with Gasteiger partial charge < -0.3 is 4.74 Å². The first kappa shape index (κ1) is 14.1. The van der Waals surface area contributed by atoms with E-state index in [-0.39, 0.29) is 12.1 Å². The minimum absolute atomic E-state index is 0.194. The Kier molecular flexibility index (Phi) is 4.96. The summed E-state index contributed by atoms with van der Waals surface area (Å²) in [7, 11) is 0. The van der Waals surface area contributed by atoms with E-state index >= 15 is 0 Å². The third-order valence-electron chi connectivity index (χ3n) is 2.87. The molecule has 2 rings (SSSR count). The number of hydrogen-bond donors (Lipinski definition) is 0. The lowest BCUT2D eigenvalue weighted by molar-refractivity contribution is -0.147. The number of rotatable bonds is 4. The van der Waals surface area contributed by atoms with Gasteiger partial charge in [-0.1, -0.05) is 48.5 Å². The molecular weight excluding hydrogens is 351 g/mol. The van der Waals surface area contributed by atoms with Crippen molar-refractivity contribution in [1.82, 2.24) is 0 Å². The van der Waals surface area contributed by atoms with E-state index in [1.165, 1.54) is 0 Å². The first-order valence-electron chi connectivity index (χ1n) is 6.14. The van der Waals surface area contributed by atoms with Gasteiger partial charge in [-0.2, -0.15) is 0 Å². The minimum Gasteiger partial charge on any atom is -0.458 e. The number of carbonyl (C=O) groups is 1. The van der Waals surface area contributed by atoms with Gasteiger partial charge in [0.25, 0.3) is 0 Å². The zero-order valence-electron chi connectivity index (χ0n) is 10.7. The maximum Gasteiger partial charge on any atom is 0.310 e. The maximum absolute atomic E-state index is 11.9. The SMILES string of the molecule is CC(OC(=O)Cc1ccccc1I)c1ccccc1. The van der Waals surface area contributed by atoms with Gasteiger partial charge in [-0.3, -0.25) is 4.79 Å². The van der Waals surface area contributed by atoms with Crippen LogP contribution in [0.2, 0.25) is 0 Å². The fourth-order valence-electron chi connectivity index (χ4n) is 1.83. The van der Waals surface area contributed by atoms with Crippen molar-refractivity contribution in [2.75, 3.05) is 0 Å². The van der Waals surface area contributed by atoms with Crippen LogP contribution in [0.15, 0.2) is 54.6 Å². The van der Waals surface area contributed by atoms with E-state index in [1.54, 1.807) is 0 Å². The molecule has 0 bridgehead atoms. The number of halogens is 1. The molecule has 19 heavy (non-hydrogen) atoms. The lowest BCUT2D eigenvalue weighted by Gasteiger charge is -2.13. The summed E-state index contributed by atoms with van der Waals surface area (Å²) in [6.45, 7) is 1.89. The van der Waals surface area contributed by atoms with Crippen molar-refractivity contribution in [2.24, 2.45) is 0 Å². The van der Waals surface area contributed by atoms with Gasteiger partial charge in [0, 0.05) is 3.57 Å². The second-order valence-electron chi connectivity index (χ2n) is 4.31. The van der Waals surface area contributed by atoms with E-state index in [2.05, 4.69) is 22.6 Å². The number of carbonyl (C=O) groups excluding carboxylic acids is 1. The van der Waals surface area contributed by atoms with Gasteiger partial charge >= 0.3 is 5.97 Å². The second-order valence-corrected chi connectivity index (χ2v) is 5.47. The van der Waals surface area contributed by atoms with Gasteiger partial charge in [0.05, 0.1) is 6.42 Å².